The summed E-state index contributed by atoms with van der Waals surface area (Å²) in [6.07, 6.45) is -6.03. The summed E-state index contributed by atoms with van der Waals surface area (Å²) in [5.41, 5.74) is 0. The molecule has 3 nitrogen and oxygen atoms in total. The molecule has 0 atom stereocenters. The molecule has 1 heterocycles. The zero-order valence-corrected chi connectivity index (χ0v) is 9.73. The Kier molecular flexibility index (Phi) is 5.19. The summed E-state index contributed by atoms with van der Waals surface area (Å²) in [4.78, 5) is 0. The topological polar surface area (TPSA) is 27.7 Å². The van der Waals surface area contributed by atoms with Gasteiger partial charge in [0, 0.05) is 0 Å². The minimum absolute atomic E-state index is 0.129. The van der Waals surface area contributed by atoms with E-state index in [9.17, 15) is 35.1 Å². The van der Waals surface area contributed by atoms with Crippen LogP contribution in [0.15, 0.2) is 0 Å². The first kappa shape index (κ1) is 17.4. The summed E-state index contributed by atoms with van der Waals surface area (Å²) in [5.74, 6) is -17.9. The second-order valence-electron chi connectivity index (χ2n) is 3.89. The molecule has 11 heteroatoms. The Morgan fingerprint density at radius 2 is 1.50 bits per heavy atom. The molecular formula is C9H10F8O3. The van der Waals surface area contributed by atoms with Gasteiger partial charge in [-0.05, 0) is 0 Å². The maximum atomic E-state index is 13.0. The van der Waals surface area contributed by atoms with E-state index in [-0.39, 0.29) is 13.2 Å². The lowest BCUT2D eigenvalue weighted by Crippen LogP contribution is -2.59. The van der Waals surface area contributed by atoms with Crippen LogP contribution >= 0.6 is 0 Å². The van der Waals surface area contributed by atoms with Crippen LogP contribution in [0.5, 0.6) is 0 Å². The van der Waals surface area contributed by atoms with Crippen LogP contribution in [-0.2, 0) is 14.2 Å². The summed E-state index contributed by atoms with van der Waals surface area (Å²) < 4.78 is 113. The van der Waals surface area contributed by atoms with Crippen molar-refractivity contribution < 1.29 is 49.3 Å². The molecule has 0 N–H and O–H groups in total. The van der Waals surface area contributed by atoms with Crippen LogP contribution in [0.2, 0.25) is 0 Å². The summed E-state index contributed by atoms with van der Waals surface area (Å²) in [5, 5.41) is 0. The Labute approximate surface area is 107 Å². The highest BCUT2D eigenvalue weighted by Crippen LogP contribution is 2.48. The molecule has 0 radical (unpaired) electrons. The molecule has 1 aliphatic rings. The van der Waals surface area contributed by atoms with Gasteiger partial charge in [-0.1, -0.05) is 0 Å². The van der Waals surface area contributed by atoms with Crippen LogP contribution in [0.1, 0.15) is 0 Å². The van der Waals surface area contributed by atoms with Gasteiger partial charge in [-0.15, -0.1) is 0 Å². The third-order valence-corrected chi connectivity index (χ3v) is 2.38. The van der Waals surface area contributed by atoms with Gasteiger partial charge < -0.3 is 14.2 Å². The molecule has 0 aromatic rings. The van der Waals surface area contributed by atoms with Crippen LogP contribution in [0.25, 0.3) is 0 Å². The predicted octanol–water partition coefficient (Wildman–Crippen LogP) is 2.55. The second kappa shape index (κ2) is 5.98. The fourth-order valence-electron chi connectivity index (χ4n) is 1.26. The molecule has 0 aliphatic carbocycles. The van der Waals surface area contributed by atoms with Gasteiger partial charge in [-0.2, -0.15) is 26.3 Å². The Hall–Kier alpha value is -0.680. The molecule has 0 aromatic heterocycles. The van der Waals surface area contributed by atoms with Crippen LogP contribution in [-0.4, -0.2) is 56.9 Å². The van der Waals surface area contributed by atoms with Crippen molar-refractivity contribution in [2.24, 2.45) is 0 Å². The first-order valence-electron chi connectivity index (χ1n) is 5.25. The lowest BCUT2D eigenvalue weighted by Gasteiger charge is -2.32. The fourth-order valence-corrected chi connectivity index (χ4v) is 1.26. The van der Waals surface area contributed by atoms with Gasteiger partial charge in [0.05, 0.1) is 19.8 Å². The van der Waals surface area contributed by atoms with Crippen molar-refractivity contribution in [2.75, 3.05) is 26.4 Å². The zero-order valence-electron chi connectivity index (χ0n) is 9.73. The fraction of sp³-hybridized carbons (Fsp3) is 1.00. The SMILES string of the molecule is FC(F)C(F)(F)C(F)(F)C(F)(F)COCC1OCCO1. The van der Waals surface area contributed by atoms with E-state index in [1.807, 2.05) is 0 Å². The first-order valence-corrected chi connectivity index (χ1v) is 5.25. The molecule has 0 bridgehead atoms. The number of hydrogen-bond donors (Lipinski definition) is 0. The average Bonchev–Trinajstić information content (AvgIpc) is 2.81. The molecule has 1 rings (SSSR count). The maximum Gasteiger partial charge on any atom is 0.380 e. The summed E-state index contributed by atoms with van der Waals surface area (Å²) in [6, 6.07) is 0. The van der Waals surface area contributed by atoms with E-state index >= 15 is 0 Å². The number of ether oxygens (including phenoxy) is 3. The van der Waals surface area contributed by atoms with E-state index in [2.05, 4.69) is 4.74 Å². The largest absolute Gasteiger partial charge is 0.380 e. The quantitative estimate of drug-likeness (QED) is 0.675. The Morgan fingerprint density at radius 1 is 1.00 bits per heavy atom. The van der Waals surface area contributed by atoms with Crippen molar-refractivity contribution in [2.45, 2.75) is 30.5 Å². The van der Waals surface area contributed by atoms with E-state index in [0.29, 0.717) is 0 Å². The normalized spacial score (nSPS) is 19.1. The molecule has 0 aromatic carbocycles. The van der Waals surface area contributed by atoms with Crippen molar-refractivity contribution in [3.63, 3.8) is 0 Å². The Bertz CT molecular complexity index is 316. The van der Waals surface area contributed by atoms with E-state index in [0.717, 1.165) is 0 Å². The van der Waals surface area contributed by atoms with Gasteiger partial charge in [0.15, 0.2) is 6.29 Å². The van der Waals surface area contributed by atoms with Gasteiger partial charge in [-0.3, -0.25) is 0 Å². The Morgan fingerprint density at radius 3 is 1.95 bits per heavy atom. The smallest absolute Gasteiger partial charge is 0.370 e. The van der Waals surface area contributed by atoms with Crippen molar-refractivity contribution in [1.82, 2.24) is 0 Å². The van der Waals surface area contributed by atoms with Gasteiger partial charge in [-0.25, -0.2) is 8.78 Å². The van der Waals surface area contributed by atoms with E-state index < -0.39 is 43.7 Å². The minimum atomic E-state index is -6.26. The van der Waals surface area contributed by atoms with Crippen LogP contribution < -0.4 is 0 Å². The van der Waals surface area contributed by atoms with E-state index in [1.54, 1.807) is 0 Å². The molecule has 120 valence electrons. The summed E-state index contributed by atoms with van der Waals surface area (Å²) in [6.45, 7) is -2.63. The molecule has 1 aliphatic heterocycles. The summed E-state index contributed by atoms with van der Waals surface area (Å²) >= 11 is 0. The van der Waals surface area contributed by atoms with Crippen molar-refractivity contribution >= 4 is 0 Å². The van der Waals surface area contributed by atoms with Crippen LogP contribution in [0, 0.1) is 0 Å². The molecular weight excluding hydrogens is 308 g/mol. The summed E-state index contributed by atoms with van der Waals surface area (Å²) in [7, 11) is 0. The van der Waals surface area contributed by atoms with E-state index in [1.165, 1.54) is 0 Å². The molecule has 1 saturated heterocycles. The van der Waals surface area contributed by atoms with Gasteiger partial charge in [0.2, 0.25) is 0 Å². The molecule has 1 fully saturated rings. The van der Waals surface area contributed by atoms with Crippen LogP contribution in [0.4, 0.5) is 35.1 Å². The minimum Gasteiger partial charge on any atom is -0.370 e. The van der Waals surface area contributed by atoms with Gasteiger partial charge in [0.1, 0.15) is 6.61 Å². The highest BCUT2D eigenvalue weighted by molar-refractivity contribution is 4.97. The van der Waals surface area contributed by atoms with Gasteiger partial charge >= 0.3 is 24.2 Å². The molecule has 0 unspecified atom stereocenters. The monoisotopic (exact) mass is 318 g/mol. The average molecular weight is 318 g/mol. The van der Waals surface area contributed by atoms with Crippen molar-refractivity contribution in [3.05, 3.63) is 0 Å². The number of hydrogen-bond acceptors (Lipinski definition) is 3. The Balaban J connectivity index is 2.61. The second-order valence-corrected chi connectivity index (χ2v) is 3.89. The third-order valence-electron chi connectivity index (χ3n) is 2.38. The van der Waals surface area contributed by atoms with E-state index in [4.69, 9.17) is 9.47 Å². The molecule has 0 spiro atoms. The zero-order chi connectivity index (χ0) is 15.6. The lowest BCUT2D eigenvalue weighted by molar-refractivity contribution is -0.347. The van der Waals surface area contributed by atoms with Crippen LogP contribution in [0.3, 0.4) is 0 Å². The van der Waals surface area contributed by atoms with Crippen molar-refractivity contribution in [3.8, 4) is 0 Å². The number of alkyl halides is 8. The molecule has 0 saturated carbocycles. The predicted molar refractivity (Wildman–Crippen MR) is 47.4 cm³/mol. The number of rotatable bonds is 7. The standard InChI is InChI=1S/C9H10F8O3/c10-6(11)8(14,15)9(16,17)7(12,13)4-18-3-5-19-1-2-20-5/h5-6H,1-4H2. The number of halogens is 8. The van der Waals surface area contributed by atoms with Crippen molar-refractivity contribution in [1.29, 1.82) is 0 Å². The van der Waals surface area contributed by atoms with Gasteiger partial charge in [0.25, 0.3) is 0 Å². The highest BCUT2D eigenvalue weighted by Gasteiger charge is 2.75. The first-order chi connectivity index (χ1) is 9.02. The highest BCUT2D eigenvalue weighted by atomic mass is 19.4. The molecule has 0 amide bonds. The molecule has 20 heavy (non-hydrogen) atoms. The maximum absolute atomic E-state index is 13.0. The third kappa shape index (κ3) is 3.31. The lowest BCUT2D eigenvalue weighted by atomic mass is 10.1.